The fourth-order valence-electron chi connectivity index (χ4n) is 1.54. The van der Waals surface area contributed by atoms with Crippen molar-refractivity contribution in [2.24, 2.45) is 5.73 Å². The second-order valence-corrected chi connectivity index (χ2v) is 4.45. The lowest BCUT2D eigenvalue weighted by molar-refractivity contribution is 0.248. The summed E-state index contributed by atoms with van der Waals surface area (Å²) in [5.74, 6) is 1.09. The molecule has 1 aromatic heterocycles. The van der Waals surface area contributed by atoms with E-state index in [4.69, 9.17) is 39.1 Å². The van der Waals surface area contributed by atoms with Gasteiger partial charge in [-0.3, -0.25) is 0 Å². The Morgan fingerprint density at radius 2 is 2.17 bits per heavy atom. The van der Waals surface area contributed by atoms with Gasteiger partial charge in [0, 0.05) is 11.3 Å². The number of rotatable bonds is 3. The molecule has 0 unspecified atom stereocenters. The van der Waals surface area contributed by atoms with E-state index in [2.05, 4.69) is 5.32 Å². The van der Waals surface area contributed by atoms with E-state index in [1.54, 1.807) is 30.3 Å². The lowest BCUT2D eigenvalue weighted by Crippen LogP contribution is -2.18. The average Bonchev–Trinajstić information content (AvgIpc) is 2.76. The third-order valence-corrected chi connectivity index (χ3v) is 2.73. The molecule has 0 saturated heterocycles. The number of nitrogens with two attached hydrogens (primary N) is 1. The molecule has 1 aromatic carbocycles. The van der Waals surface area contributed by atoms with Crippen LogP contribution in [0.25, 0.3) is 11.3 Å². The number of halogens is 1. The average molecular weight is 283 g/mol. The predicted molar refractivity (Wildman–Crippen MR) is 75.5 cm³/mol. The van der Waals surface area contributed by atoms with Crippen LogP contribution in [0.5, 0.6) is 0 Å². The first-order valence-corrected chi connectivity index (χ1v) is 5.94. The van der Waals surface area contributed by atoms with E-state index in [-0.39, 0.29) is 11.7 Å². The molecule has 0 fully saturated rings. The number of nitrogens with one attached hydrogen (secondary N) is 1. The Morgan fingerprint density at radius 3 is 2.72 bits per heavy atom. The molecule has 0 aliphatic heterocycles. The second-order valence-electron chi connectivity index (χ2n) is 3.61. The molecule has 4 nitrogen and oxygen atoms in total. The summed E-state index contributed by atoms with van der Waals surface area (Å²) in [5.41, 5.74) is 6.83. The second kappa shape index (κ2) is 5.39. The third-order valence-electron chi connectivity index (χ3n) is 2.32. The minimum absolute atomic E-state index is 0.140. The quantitative estimate of drug-likeness (QED) is 0.755. The van der Waals surface area contributed by atoms with Crippen LogP contribution in [-0.2, 0) is 6.61 Å². The van der Waals surface area contributed by atoms with E-state index in [0.29, 0.717) is 22.2 Å². The monoisotopic (exact) mass is 282 g/mol. The van der Waals surface area contributed by atoms with Crippen molar-refractivity contribution in [3.05, 3.63) is 41.1 Å². The van der Waals surface area contributed by atoms with Crippen LogP contribution < -0.4 is 11.1 Å². The lowest BCUT2D eigenvalue weighted by Gasteiger charge is -2.06. The first-order valence-electron chi connectivity index (χ1n) is 5.16. The highest BCUT2D eigenvalue weighted by Crippen LogP contribution is 2.31. The summed E-state index contributed by atoms with van der Waals surface area (Å²) >= 11 is 10.9. The summed E-state index contributed by atoms with van der Waals surface area (Å²) in [5, 5.41) is 12.4. The molecule has 18 heavy (non-hydrogen) atoms. The van der Waals surface area contributed by atoms with E-state index in [1.807, 2.05) is 0 Å². The van der Waals surface area contributed by atoms with E-state index in [9.17, 15) is 0 Å². The number of aliphatic hydroxyl groups excluding tert-OH is 1. The van der Waals surface area contributed by atoms with Crippen LogP contribution in [0.3, 0.4) is 0 Å². The molecule has 0 saturated carbocycles. The molecule has 0 aliphatic rings. The summed E-state index contributed by atoms with van der Waals surface area (Å²) < 4.78 is 5.42. The highest BCUT2D eigenvalue weighted by atomic mass is 35.5. The summed E-state index contributed by atoms with van der Waals surface area (Å²) in [4.78, 5) is 0. The molecule has 6 heteroatoms. The zero-order chi connectivity index (χ0) is 13.1. The maximum absolute atomic E-state index is 8.95. The van der Waals surface area contributed by atoms with Crippen molar-refractivity contribution in [3.8, 4) is 11.3 Å². The summed E-state index contributed by atoms with van der Waals surface area (Å²) in [6.45, 7) is -0.140. The van der Waals surface area contributed by atoms with Gasteiger partial charge in [0.2, 0.25) is 0 Å². The summed E-state index contributed by atoms with van der Waals surface area (Å²) in [6, 6.07) is 8.75. The first-order chi connectivity index (χ1) is 8.60. The van der Waals surface area contributed by atoms with Crippen LogP contribution in [0.4, 0.5) is 5.69 Å². The predicted octanol–water partition coefficient (Wildman–Crippen LogP) is 2.75. The number of benzene rings is 1. The molecule has 0 radical (unpaired) electrons. The van der Waals surface area contributed by atoms with Crippen molar-refractivity contribution in [2.45, 2.75) is 6.61 Å². The maximum atomic E-state index is 8.95. The SMILES string of the molecule is NC(=S)Nc1ccc(-c2ccc(CO)o2)c(Cl)c1. The van der Waals surface area contributed by atoms with Crippen molar-refractivity contribution in [3.63, 3.8) is 0 Å². The Hall–Kier alpha value is -1.56. The molecule has 0 bridgehead atoms. The number of hydrogen-bond acceptors (Lipinski definition) is 3. The molecule has 1 heterocycles. The molecule has 2 aromatic rings. The van der Waals surface area contributed by atoms with Crippen LogP contribution >= 0.6 is 23.8 Å². The van der Waals surface area contributed by atoms with Gasteiger partial charge in [-0.1, -0.05) is 11.6 Å². The molecule has 4 N–H and O–H groups in total. The summed E-state index contributed by atoms with van der Waals surface area (Å²) in [6.07, 6.45) is 0. The molecular weight excluding hydrogens is 272 g/mol. The molecule has 2 rings (SSSR count). The van der Waals surface area contributed by atoms with Gasteiger partial charge in [0.05, 0.1) is 5.02 Å². The Labute approximate surface area is 114 Å². The topological polar surface area (TPSA) is 71.4 Å². The molecule has 0 spiro atoms. The van der Waals surface area contributed by atoms with Crippen molar-refractivity contribution in [2.75, 3.05) is 5.32 Å². The molecular formula is C12H11ClN2O2S. The molecule has 0 amide bonds. The van der Waals surface area contributed by atoms with E-state index >= 15 is 0 Å². The zero-order valence-electron chi connectivity index (χ0n) is 9.31. The number of aliphatic hydroxyl groups is 1. The van der Waals surface area contributed by atoms with Gasteiger partial charge in [-0.15, -0.1) is 0 Å². The molecule has 0 aliphatic carbocycles. The minimum atomic E-state index is -0.140. The largest absolute Gasteiger partial charge is 0.459 e. The van der Waals surface area contributed by atoms with Crippen molar-refractivity contribution in [1.29, 1.82) is 0 Å². The standard InChI is InChI=1S/C12H11ClN2O2S/c13-10-5-7(15-12(14)18)1-3-9(10)11-4-2-8(6-16)17-11/h1-5,16H,6H2,(H3,14,15,18). The number of anilines is 1. The normalized spacial score (nSPS) is 10.3. The molecule has 94 valence electrons. The van der Waals surface area contributed by atoms with Crippen LogP contribution in [0.2, 0.25) is 5.02 Å². The van der Waals surface area contributed by atoms with Crippen LogP contribution in [-0.4, -0.2) is 10.2 Å². The third kappa shape index (κ3) is 2.81. The number of furan rings is 1. The lowest BCUT2D eigenvalue weighted by atomic mass is 10.1. The molecule has 0 atom stereocenters. The zero-order valence-corrected chi connectivity index (χ0v) is 10.9. The number of thiocarbonyl (C=S) groups is 1. The van der Waals surface area contributed by atoms with Crippen LogP contribution in [0.1, 0.15) is 5.76 Å². The van der Waals surface area contributed by atoms with Crippen molar-refractivity contribution >= 4 is 34.6 Å². The first kappa shape index (κ1) is 12.9. The van der Waals surface area contributed by atoms with Crippen molar-refractivity contribution < 1.29 is 9.52 Å². The highest BCUT2D eigenvalue weighted by molar-refractivity contribution is 7.80. The number of hydrogen-bond donors (Lipinski definition) is 3. The Morgan fingerprint density at radius 1 is 1.39 bits per heavy atom. The van der Waals surface area contributed by atoms with Crippen LogP contribution in [0, 0.1) is 0 Å². The Balaban J connectivity index is 2.32. The van der Waals surface area contributed by atoms with Gasteiger partial charge < -0.3 is 20.6 Å². The highest BCUT2D eigenvalue weighted by Gasteiger charge is 2.09. The van der Waals surface area contributed by atoms with Gasteiger partial charge in [-0.05, 0) is 42.5 Å². The van der Waals surface area contributed by atoms with Gasteiger partial charge in [0.1, 0.15) is 18.1 Å². The Bertz CT molecular complexity index is 583. The summed E-state index contributed by atoms with van der Waals surface area (Å²) in [7, 11) is 0. The van der Waals surface area contributed by atoms with Gasteiger partial charge in [0.25, 0.3) is 0 Å². The maximum Gasteiger partial charge on any atom is 0.168 e. The van der Waals surface area contributed by atoms with E-state index in [0.717, 1.165) is 5.56 Å². The Kier molecular flexibility index (Phi) is 3.86. The smallest absolute Gasteiger partial charge is 0.168 e. The van der Waals surface area contributed by atoms with E-state index in [1.165, 1.54) is 0 Å². The van der Waals surface area contributed by atoms with Gasteiger partial charge in [-0.25, -0.2) is 0 Å². The van der Waals surface area contributed by atoms with Gasteiger partial charge in [-0.2, -0.15) is 0 Å². The fraction of sp³-hybridized carbons (Fsp3) is 0.0833. The minimum Gasteiger partial charge on any atom is -0.459 e. The van der Waals surface area contributed by atoms with Crippen molar-refractivity contribution in [1.82, 2.24) is 0 Å². The van der Waals surface area contributed by atoms with Gasteiger partial charge >= 0.3 is 0 Å². The van der Waals surface area contributed by atoms with E-state index < -0.39 is 0 Å². The van der Waals surface area contributed by atoms with Gasteiger partial charge in [0.15, 0.2) is 5.11 Å². The fourth-order valence-corrected chi connectivity index (χ4v) is 1.93. The van der Waals surface area contributed by atoms with Crippen LogP contribution in [0.15, 0.2) is 34.7 Å².